The summed E-state index contributed by atoms with van der Waals surface area (Å²) in [5.74, 6) is -1.54. The molecule has 0 aromatic heterocycles. The lowest BCUT2D eigenvalue weighted by Crippen LogP contribution is -2.05. The lowest BCUT2D eigenvalue weighted by Gasteiger charge is -2.13. The van der Waals surface area contributed by atoms with Gasteiger partial charge >= 0.3 is 6.61 Å². The van der Waals surface area contributed by atoms with E-state index in [2.05, 4.69) is 4.74 Å². The van der Waals surface area contributed by atoms with Crippen LogP contribution in [-0.4, -0.2) is 6.61 Å². The Balaban J connectivity index is 2.67. The zero-order valence-corrected chi connectivity index (χ0v) is 11.9. The van der Waals surface area contributed by atoms with Crippen molar-refractivity contribution in [3.8, 4) is 16.9 Å². The maximum Gasteiger partial charge on any atom is 0.387 e. The van der Waals surface area contributed by atoms with Gasteiger partial charge in [-0.2, -0.15) is 8.78 Å². The summed E-state index contributed by atoms with van der Waals surface area (Å²) in [5, 5.41) is 0.434. The SMILES string of the molecule is Fc1cccc(-c2cc(Cl)cc(Cl)c2Cl)c1OC(F)F. The molecule has 20 heavy (non-hydrogen) atoms. The van der Waals surface area contributed by atoms with Crippen molar-refractivity contribution in [2.45, 2.75) is 6.61 Å². The van der Waals surface area contributed by atoms with E-state index >= 15 is 0 Å². The highest BCUT2D eigenvalue weighted by molar-refractivity contribution is 6.45. The molecular weight excluding hydrogens is 335 g/mol. The zero-order chi connectivity index (χ0) is 14.9. The van der Waals surface area contributed by atoms with Crippen molar-refractivity contribution in [1.29, 1.82) is 0 Å². The van der Waals surface area contributed by atoms with E-state index in [1.54, 1.807) is 0 Å². The van der Waals surface area contributed by atoms with E-state index in [0.29, 0.717) is 0 Å². The van der Waals surface area contributed by atoms with E-state index in [1.165, 1.54) is 24.3 Å². The van der Waals surface area contributed by atoms with E-state index in [-0.39, 0.29) is 26.2 Å². The summed E-state index contributed by atoms with van der Waals surface area (Å²) in [5.41, 5.74) is 0.249. The Morgan fingerprint density at radius 2 is 1.70 bits per heavy atom. The fraction of sp³-hybridized carbons (Fsp3) is 0.0769. The normalized spacial score (nSPS) is 10.9. The van der Waals surface area contributed by atoms with Crippen molar-refractivity contribution in [3.05, 3.63) is 51.2 Å². The summed E-state index contributed by atoms with van der Waals surface area (Å²) in [6.07, 6.45) is 0. The Kier molecular flexibility index (Phi) is 4.68. The van der Waals surface area contributed by atoms with Gasteiger partial charge in [-0.1, -0.05) is 46.9 Å². The Bertz CT molecular complexity index is 647. The van der Waals surface area contributed by atoms with Crippen LogP contribution in [0.2, 0.25) is 15.1 Å². The van der Waals surface area contributed by atoms with Crippen LogP contribution >= 0.6 is 34.8 Å². The molecule has 0 saturated heterocycles. The van der Waals surface area contributed by atoms with Gasteiger partial charge < -0.3 is 4.74 Å². The molecule has 2 rings (SSSR count). The van der Waals surface area contributed by atoms with Gasteiger partial charge in [-0.3, -0.25) is 0 Å². The third-order valence-corrected chi connectivity index (χ3v) is 3.48. The molecule has 0 aliphatic carbocycles. The largest absolute Gasteiger partial charge is 0.431 e. The third kappa shape index (κ3) is 3.14. The molecule has 1 nitrogen and oxygen atoms in total. The minimum absolute atomic E-state index is 0.0414. The van der Waals surface area contributed by atoms with E-state index in [1.807, 2.05) is 0 Å². The van der Waals surface area contributed by atoms with Crippen LogP contribution in [0, 0.1) is 5.82 Å². The Labute approximate surface area is 127 Å². The summed E-state index contributed by atoms with van der Waals surface area (Å²) in [7, 11) is 0. The Morgan fingerprint density at radius 1 is 1.00 bits per heavy atom. The van der Waals surface area contributed by atoms with Crippen molar-refractivity contribution in [2.75, 3.05) is 0 Å². The number of hydrogen-bond donors (Lipinski definition) is 0. The standard InChI is InChI=1S/C13H6Cl3F3O/c14-6-4-8(11(16)9(15)5-6)7-2-1-3-10(17)12(7)20-13(18)19/h1-5,13H. The van der Waals surface area contributed by atoms with Gasteiger partial charge in [0.25, 0.3) is 0 Å². The van der Waals surface area contributed by atoms with Gasteiger partial charge in [0.05, 0.1) is 10.0 Å². The molecule has 0 radical (unpaired) electrons. The van der Waals surface area contributed by atoms with Crippen LogP contribution in [0.5, 0.6) is 5.75 Å². The predicted octanol–water partition coefficient (Wildman–Crippen LogP) is 6.05. The second kappa shape index (κ2) is 6.12. The maximum atomic E-state index is 13.7. The van der Waals surface area contributed by atoms with Gasteiger partial charge in [-0.05, 0) is 18.2 Å². The average Bonchev–Trinajstić information content (AvgIpc) is 2.36. The van der Waals surface area contributed by atoms with Crippen molar-refractivity contribution in [3.63, 3.8) is 0 Å². The monoisotopic (exact) mass is 340 g/mol. The van der Waals surface area contributed by atoms with E-state index in [0.717, 1.165) is 6.07 Å². The highest BCUT2D eigenvalue weighted by Gasteiger charge is 2.19. The summed E-state index contributed by atoms with van der Waals surface area (Å²) in [4.78, 5) is 0. The first kappa shape index (κ1) is 15.3. The first-order valence-electron chi connectivity index (χ1n) is 5.28. The fourth-order valence-corrected chi connectivity index (χ4v) is 2.39. The first-order chi connectivity index (χ1) is 9.40. The van der Waals surface area contributed by atoms with Gasteiger partial charge in [0, 0.05) is 16.1 Å². The molecule has 2 aromatic rings. The lowest BCUT2D eigenvalue weighted by atomic mass is 10.0. The smallest absolute Gasteiger partial charge is 0.387 e. The van der Waals surface area contributed by atoms with Crippen molar-refractivity contribution in [1.82, 2.24) is 0 Å². The molecular formula is C13H6Cl3F3O. The van der Waals surface area contributed by atoms with Crippen molar-refractivity contribution >= 4 is 34.8 Å². The number of rotatable bonds is 3. The Hall–Kier alpha value is -1.10. The summed E-state index contributed by atoms with van der Waals surface area (Å²) in [6.45, 7) is -3.17. The number of benzene rings is 2. The molecule has 0 amide bonds. The topological polar surface area (TPSA) is 9.23 Å². The van der Waals surface area contributed by atoms with Crippen LogP contribution in [0.15, 0.2) is 30.3 Å². The molecule has 0 N–H and O–H groups in total. The van der Waals surface area contributed by atoms with Gasteiger partial charge in [-0.15, -0.1) is 0 Å². The quantitative estimate of drug-likeness (QED) is 0.617. The van der Waals surface area contributed by atoms with Crippen molar-refractivity contribution in [2.24, 2.45) is 0 Å². The average molecular weight is 342 g/mol. The minimum atomic E-state index is -3.17. The predicted molar refractivity (Wildman–Crippen MR) is 73.5 cm³/mol. The minimum Gasteiger partial charge on any atom is -0.431 e. The molecule has 2 aromatic carbocycles. The molecule has 0 aliphatic rings. The second-order valence-corrected chi connectivity index (χ2v) is 4.97. The molecule has 0 aliphatic heterocycles. The van der Waals surface area contributed by atoms with Gasteiger partial charge in [0.1, 0.15) is 0 Å². The molecule has 0 spiro atoms. The molecule has 0 atom stereocenters. The molecule has 0 bridgehead atoms. The second-order valence-electron chi connectivity index (χ2n) is 3.74. The van der Waals surface area contributed by atoms with Crippen LogP contribution < -0.4 is 4.74 Å². The summed E-state index contributed by atoms with van der Waals surface area (Å²) >= 11 is 17.7. The van der Waals surface area contributed by atoms with Gasteiger partial charge in [-0.25, -0.2) is 4.39 Å². The first-order valence-corrected chi connectivity index (χ1v) is 6.41. The number of hydrogen-bond acceptors (Lipinski definition) is 1. The highest BCUT2D eigenvalue weighted by Crippen LogP contribution is 2.41. The molecule has 106 valence electrons. The third-order valence-electron chi connectivity index (χ3n) is 2.46. The zero-order valence-electron chi connectivity index (χ0n) is 9.64. The number of ether oxygens (including phenoxy) is 1. The highest BCUT2D eigenvalue weighted by atomic mass is 35.5. The number of para-hydroxylation sites is 1. The van der Waals surface area contributed by atoms with Gasteiger partial charge in [0.15, 0.2) is 11.6 Å². The summed E-state index contributed by atoms with van der Waals surface area (Å²) < 4.78 is 42.6. The van der Waals surface area contributed by atoms with Crippen LogP contribution in [-0.2, 0) is 0 Å². The molecule has 0 saturated carbocycles. The molecule has 0 unspecified atom stereocenters. The van der Waals surface area contributed by atoms with E-state index in [9.17, 15) is 13.2 Å². The van der Waals surface area contributed by atoms with E-state index < -0.39 is 18.2 Å². The van der Waals surface area contributed by atoms with Crippen molar-refractivity contribution < 1.29 is 17.9 Å². The van der Waals surface area contributed by atoms with Crippen LogP contribution in [0.25, 0.3) is 11.1 Å². The number of alkyl halides is 2. The van der Waals surface area contributed by atoms with E-state index in [4.69, 9.17) is 34.8 Å². The maximum absolute atomic E-state index is 13.7. The lowest BCUT2D eigenvalue weighted by molar-refractivity contribution is -0.0517. The van der Waals surface area contributed by atoms with Crippen LogP contribution in [0.1, 0.15) is 0 Å². The summed E-state index contributed by atoms with van der Waals surface area (Å²) in [6, 6.07) is 6.51. The molecule has 0 heterocycles. The molecule has 7 heteroatoms. The number of halogens is 6. The van der Waals surface area contributed by atoms with Crippen LogP contribution in [0.3, 0.4) is 0 Å². The Morgan fingerprint density at radius 3 is 2.35 bits per heavy atom. The molecule has 0 fully saturated rings. The van der Waals surface area contributed by atoms with Gasteiger partial charge in [0.2, 0.25) is 0 Å². The van der Waals surface area contributed by atoms with Crippen LogP contribution in [0.4, 0.5) is 13.2 Å². The fourth-order valence-electron chi connectivity index (χ4n) is 1.68.